The third-order valence-electron chi connectivity index (χ3n) is 7.15. The van der Waals surface area contributed by atoms with E-state index in [9.17, 15) is 0 Å². The summed E-state index contributed by atoms with van der Waals surface area (Å²) in [4.78, 5) is 8.81. The second kappa shape index (κ2) is 16.8. The van der Waals surface area contributed by atoms with Gasteiger partial charge in [-0.15, -0.1) is 65.2 Å². The van der Waals surface area contributed by atoms with Gasteiger partial charge in [0, 0.05) is 46.2 Å². The predicted octanol–water partition coefficient (Wildman–Crippen LogP) is 11.8. The minimum atomic E-state index is -2.46. The normalized spacial score (nSPS) is 15.2. The Labute approximate surface area is 316 Å². The summed E-state index contributed by atoms with van der Waals surface area (Å²) in [6.07, 6.45) is 0.350. The number of aromatic nitrogens is 2. The number of rotatable bonds is 7. The monoisotopic (exact) mass is 817 g/mol. The molecule has 4 aromatic carbocycles. The zero-order valence-corrected chi connectivity index (χ0v) is 30.2. The van der Waals surface area contributed by atoms with Crippen LogP contribution in [0.3, 0.4) is 0 Å². The fourth-order valence-electron chi connectivity index (χ4n) is 5.04. The minimum Gasteiger partial charge on any atom is -0.305 e. The second-order valence-electron chi connectivity index (χ2n) is 12.6. The van der Waals surface area contributed by atoms with Gasteiger partial charge in [0.05, 0.1) is 0 Å². The molecule has 2 heterocycles. The van der Waals surface area contributed by atoms with E-state index in [0.717, 1.165) is 22.4 Å². The van der Waals surface area contributed by atoms with Gasteiger partial charge in [-0.1, -0.05) is 114 Å². The van der Waals surface area contributed by atoms with Gasteiger partial charge in [-0.25, -0.2) is 0 Å². The van der Waals surface area contributed by atoms with E-state index in [1.165, 1.54) is 18.3 Å². The Morgan fingerprint density at radius 1 is 0.708 bits per heavy atom. The molecule has 0 aliphatic rings. The standard InChI is InChI=1S/C23H24N.C22H22N.Ir/c1-16(2)13-19-10-12-23(24-15-19)20-11-9-18(4)22(14-20)21-8-6-5-7-17(21)3;1-22(2,3)16-17-9-11-18(12-10-17)20-13-14-23-21(15-20)19-7-5-4-6-8-19;/h5-10,12,14-16H,13H2,1-4H3;4-7,9-15H,16H2,1-3H3;/q2*-1;/i3D3,4D3,13D2;16D2;. The van der Waals surface area contributed by atoms with Crippen molar-refractivity contribution < 1.29 is 33.8 Å². The van der Waals surface area contributed by atoms with Crippen LogP contribution in [-0.4, -0.2) is 9.97 Å². The zero-order chi connectivity index (χ0) is 42.0. The molecule has 0 aliphatic heterocycles. The molecular weight excluding hydrogens is 761 g/mol. The number of nitrogens with zero attached hydrogens (tertiary/aromatic N) is 2. The molecule has 48 heavy (non-hydrogen) atoms. The Balaban J connectivity index is 0.000000259. The molecule has 0 saturated carbocycles. The quantitative estimate of drug-likeness (QED) is 0.150. The van der Waals surface area contributed by atoms with Crippen LogP contribution in [0.1, 0.15) is 70.6 Å². The molecule has 0 N–H and O–H groups in total. The van der Waals surface area contributed by atoms with Crippen molar-refractivity contribution >= 4 is 0 Å². The molecule has 0 amide bonds. The van der Waals surface area contributed by atoms with E-state index in [1.54, 1.807) is 56.4 Å². The Morgan fingerprint density at radius 2 is 1.46 bits per heavy atom. The van der Waals surface area contributed by atoms with Crippen molar-refractivity contribution in [2.45, 2.75) is 61.1 Å². The maximum Gasteiger partial charge on any atom is 0.0321 e. The van der Waals surface area contributed by atoms with Gasteiger partial charge in [-0.05, 0) is 81.8 Å². The van der Waals surface area contributed by atoms with E-state index in [0.29, 0.717) is 27.9 Å². The van der Waals surface area contributed by atoms with Gasteiger partial charge >= 0.3 is 0 Å². The van der Waals surface area contributed by atoms with Crippen LogP contribution in [0.2, 0.25) is 0 Å². The topological polar surface area (TPSA) is 25.8 Å². The molecule has 0 atom stereocenters. The molecule has 1 radical (unpaired) electrons. The Bertz CT molecular complexity index is 2280. The second-order valence-corrected chi connectivity index (χ2v) is 12.6. The Kier molecular flexibility index (Phi) is 8.70. The van der Waals surface area contributed by atoms with Crippen molar-refractivity contribution in [3.05, 3.63) is 156 Å². The molecule has 247 valence electrons. The largest absolute Gasteiger partial charge is 0.305 e. The molecule has 0 aliphatic carbocycles. The van der Waals surface area contributed by atoms with Crippen molar-refractivity contribution in [1.29, 1.82) is 0 Å². The van der Waals surface area contributed by atoms with Crippen LogP contribution >= 0.6 is 0 Å². The molecular formula is C45H46IrN2-2. The molecule has 0 unspecified atom stereocenters. The van der Waals surface area contributed by atoms with Crippen molar-refractivity contribution in [2.24, 2.45) is 11.3 Å². The van der Waals surface area contributed by atoms with Crippen LogP contribution in [0.5, 0.6) is 0 Å². The van der Waals surface area contributed by atoms with E-state index in [4.69, 9.17) is 13.7 Å². The molecule has 0 spiro atoms. The summed E-state index contributed by atoms with van der Waals surface area (Å²) in [5.74, 6) is -0.233. The van der Waals surface area contributed by atoms with Gasteiger partial charge in [0.15, 0.2) is 0 Å². The summed E-state index contributed by atoms with van der Waals surface area (Å²) in [5, 5.41) is 0. The number of benzene rings is 4. The fourth-order valence-corrected chi connectivity index (χ4v) is 5.04. The summed E-state index contributed by atoms with van der Waals surface area (Å²) in [6.45, 7) is 4.49. The van der Waals surface area contributed by atoms with E-state index in [1.807, 2.05) is 81.4 Å². The van der Waals surface area contributed by atoms with Crippen LogP contribution in [0, 0.1) is 37.2 Å². The van der Waals surface area contributed by atoms with Crippen LogP contribution in [0.4, 0.5) is 0 Å². The van der Waals surface area contributed by atoms with Crippen molar-refractivity contribution in [3.63, 3.8) is 0 Å². The average Bonchev–Trinajstić information content (AvgIpc) is 3.17. The molecule has 0 bridgehead atoms. The third-order valence-corrected chi connectivity index (χ3v) is 7.15. The van der Waals surface area contributed by atoms with Gasteiger partial charge in [0.25, 0.3) is 0 Å². The summed E-state index contributed by atoms with van der Waals surface area (Å²) in [7, 11) is 0. The molecule has 6 rings (SSSR count). The smallest absolute Gasteiger partial charge is 0.0321 e. The van der Waals surface area contributed by atoms with Gasteiger partial charge < -0.3 is 9.97 Å². The van der Waals surface area contributed by atoms with E-state index in [2.05, 4.69) is 22.1 Å². The van der Waals surface area contributed by atoms with Crippen LogP contribution in [-0.2, 0) is 32.9 Å². The predicted molar refractivity (Wildman–Crippen MR) is 199 cm³/mol. The zero-order valence-electron chi connectivity index (χ0n) is 37.9. The van der Waals surface area contributed by atoms with E-state index < -0.39 is 31.9 Å². The van der Waals surface area contributed by atoms with Gasteiger partial charge in [-0.2, -0.15) is 0 Å². The minimum absolute atomic E-state index is 0. The van der Waals surface area contributed by atoms with Crippen LogP contribution < -0.4 is 0 Å². The van der Waals surface area contributed by atoms with Gasteiger partial charge in [-0.3, -0.25) is 0 Å². The summed E-state index contributed by atoms with van der Waals surface area (Å²) < 4.78 is 80.6. The molecule has 3 heteroatoms. The number of aryl methyl sites for hydroxylation is 2. The molecule has 2 nitrogen and oxygen atoms in total. The maximum absolute atomic E-state index is 8.39. The van der Waals surface area contributed by atoms with E-state index >= 15 is 0 Å². The summed E-state index contributed by atoms with van der Waals surface area (Å²) in [6, 6.07) is 38.3. The van der Waals surface area contributed by atoms with Gasteiger partial charge in [0.1, 0.15) is 0 Å². The van der Waals surface area contributed by atoms with Crippen LogP contribution in [0.25, 0.3) is 44.8 Å². The first-order chi connectivity index (χ1) is 26.5. The fraction of sp³-hybridized carbons (Fsp3) is 0.244. The number of hydrogen-bond acceptors (Lipinski definition) is 2. The average molecular weight is 817 g/mol. The molecule has 0 saturated heterocycles. The van der Waals surface area contributed by atoms with E-state index in [-0.39, 0.29) is 42.7 Å². The van der Waals surface area contributed by atoms with Crippen molar-refractivity contribution in [1.82, 2.24) is 9.97 Å². The first kappa shape index (κ1) is 24.9. The summed E-state index contributed by atoms with van der Waals surface area (Å²) >= 11 is 0. The SMILES string of the molecule is [2H]C([2H])([2H])c1c[c-]c(-c2ccc(C([2H])([2H])C(C)C)cn2)cc1-c1ccccc1C([2H])([2H])[2H].[2H]C([2H])(c1ccc(-c2ccnc(-c3[c-]cccc3)c2)cc1)C(C)(C)C.[Ir]. The van der Waals surface area contributed by atoms with Crippen molar-refractivity contribution in [3.8, 4) is 44.8 Å². The van der Waals surface area contributed by atoms with Gasteiger partial charge in [0.2, 0.25) is 0 Å². The maximum atomic E-state index is 8.39. The van der Waals surface area contributed by atoms with Crippen LogP contribution in [0.15, 0.2) is 122 Å². The Hall–Kier alpha value is -4.17. The van der Waals surface area contributed by atoms with Crippen molar-refractivity contribution in [2.75, 3.05) is 0 Å². The molecule has 6 aromatic rings. The number of pyridine rings is 2. The summed E-state index contributed by atoms with van der Waals surface area (Å²) in [5.41, 5.74) is 6.30. The first-order valence-electron chi connectivity index (χ1n) is 20.7. The third kappa shape index (κ3) is 10.2. The first-order valence-corrected chi connectivity index (χ1v) is 15.7. The molecule has 0 fully saturated rings. The molecule has 2 aromatic heterocycles. The Morgan fingerprint density at radius 3 is 2.12 bits per heavy atom. The number of hydrogen-bond donors (Lipinski definition) is 0.